The molecule has 3 rings (SSSR count). The number of hydrogen-bond acceptors (Lipinski definition) is 5. The molecule has 2 aromatic carbocycles. The molecule has 0 bridgehead atoms. The highest BCUT2D eigenvalue weighted by molar-refractivity contribution is 5.92. The van der Waals surface area contributed by atoms with Crippen LogP contribution in [0.1, 0.15) is 49.0 Å². The highest BCUT2D eigenvalue weighted by Crippen LogP contribution is 2.26. The maximum absolute atomic E-state index is 14.4. The Bertz CT molecular complexity index is 1090. The van der Waals surface area contributed by atoms with Crippen LogP contribution in [0.2, 0.25) is 0 Å². The summed E-state index contributed by atoms with van der Waals surface area (Å²) in [4.78, 5) is 51.5. The molecule has 2 aromatic rings. The van der Waals surface area contributed by atoms with Crippen LogP contribution in [0.25, 0.3) is 0 Å². The summed E-state index contributed by atoms with van der Waals surface area (Å²) in [7, 11) is 0. The molecule has 1 heterocycles. The van der Waals surface area contributed by atoms with Crippen molar-refractivity contribution in [1.29, 1.82) is 0 Å². The number of nitrogens with one attached hydrogen (secondary N) is 1. The van der Waals surface area contributed by atoms with Gasteiger partial charge in [0.05, 0.1) is 19.1 Å². The largest absolute Gasteiger partial charge is 0.368 e. The standard InChI is InChI=1S/C26H32FN5O4/c1-16(28)18-8-10-20(11-9-18)25(19-6-4-3-5-7-19)30-26(36)22-12-21(27)13-32(22)24(35)15-31(17(2)33)14-23(29)34/h3-11,16,21-22,25H,12-15,28H2,1-2H3,(H2,29,34)(H,30,36)/t16?,21-,22+,25+/m1/s1. The fraction of sp³-hybridized carbons (Fsp3) is 0.385. The molecule has 1 fully saturated rings. The summed E-state index contributed by atoms with van der Waals surface area (Å²) in [6.45, 7) is 1.87. The van der Waals surface area contributed by atoms with Gasteiger partial charge in [0, 0.05) is 19.4 Å². The van der Waals surface area contributed by atoms with Crippen LogP contribution >= 0.6 is 0 Å². The molecular weight excluding hydrogens is 465 g/mol. The van der Waals surface area contributed by atoms with Crippen LogP contribution in [0.5, 0.6) is 0 Å². The van der Waals surface area contributed by atoms with Gasteiger partial charge in [-0.1, -0.05) is 54.6 Å². The van der Waals surface area contributed by atoms with Gasteiger partial charge in [-0.3, -0.25) is 19.2 Å². The fourth-order valence-corrected chi connectivity index (χ4v) is 4.26. The van der Waals surface area contributed by atoms with Crippen LogP contribution in [0.3, 0.4) is 0 Å². The van der Waals surface area contributed by atoms with Crippen molar-refractivity contribution in [2.45, 2.75) is 44.6 Å². The first-order valence-corrected chi connectivity index (χ1v) is 11.7. The first kappa shape index (κ1) is 26.8. The van der Waals surface area contributed by atoms with Gasteiger partial charge in [0.15, 0.2) is 0 Å². The minimum atomic E-state index is -1.40. The Morgan fingerprint density at radius 2 is 1.61 bits per heavy atom. The molecule has 9 nitrogen and oxygen atoms in total. The molecule has 4 atom stereocenters. The third-order valence-corrected chi connectivity index (χ3v) is 6.21. The van der Waals surface area contributed by atoms with Crippen molar-refractivity contribution in [3.8, 4) is 0 Å². The summed E-state index contributed by atoms with van der Waals surface area (Å²) in [6, 6.07) is 15.1. The quantitative estimate of drug-likeness (QED) is 0.478. The molecule has 0 aromatic heterocycles. The molecule has 5 N–H and O–H groups in total. The molecule has 0 spiro atoms. The van der Waals surface area contributed by atoms with E-state index in [1.165, 1.54) is 6.92 Å². The van der Waals surface area contributed by atoms with Gasteiger partial charge < -0.3 is 26.6 Å². The van der Waals surface area contributed by atoms with Crippen molar-refractivity contribution in [3.05, 3.63) is 71.3 Å². The molecule has 1 unspecified atom stereocenters. The second kappa shape index (κ2) is 11.8. The molecule has 36 heavy (non-hydrogen) atoms. The van der Waals surface area contributed by atoms with Crippen LogP contribution in [0.4, 0.5) is 4.39 Å². The molecule has 1 aliphatic heterocycles. The van der Waals surface area contributed by atoms with Crippen LogP contribution in [-0.2, 0) is 19.2 Å². The number of carbonyl (C=O) groups is 4. The van der Waals surface area contributed by atoms with Gasteiger partial charge in [-0.2, -0.15) is 0 Å². The number of nitrogens with zero attached hydrogens (tertiary/aromatic N) is 2. The Kier molecular flexibility index (Phi) is 8.76. The van der Waals surface area contributed by atoms with Crippen LogP contribution in [-0.4, -0.2) is 65.3 Å². The van der Waals surface area contributed by atoms with E-state index >= 15 is 0 Å². The molecule has 1 aliphatic rings. The number of halogens is 1. The molecule has 1 saturated heterocycles. The summed E-state index contributed by atoms with van der Waals surface area (Å²) in [5.74, 6) is -2.46. The normalized spacial score (nSPS) is 18.8. The first-order chi connectivity index (χ1) is 17.1. The smallest absolute Gasteiger partial charge is 0.243 e. The Labute approximate surface area is 209 Å². The number of amides is 4. The number of carbonyl (C=O) groups excluding carboxylic acids is 4. The first-order valence-electron chi connectivity index (χ1n) is 11.7. The van der Waals surface area contributed by atoms with Gasteiger partial charge in [0.2, 0.25) is 23.6 Å². The van der Waals surface area contributed by atoms with Gasteiger partial charge in [-0.05, 0) is 23.6 Å². The monoisotopic (exact) mass is 497 g/mol. The van der Waals surface area contributed by atoms with Crippen LogP contribution in [0, 0.1) is 0 Å². The zero-order chi connectivity index (χ0) is 26.4. The SMILES string of the molecule is CC(=O)N(CC(N)=O)CC(=O)N1C[C@H](F)C[C@H]1C(=O)N[C@@H](c1ccccc1)c1ccc(C(C)N)cc1. The maximum Gasteiger partial charge on any atom is 0.243 e. The number of benzene rings is 2. The van der Waals surface area contributed by atoms with E-state index in [1.54, 1.807) is 0 Å². The van der Waals surface area contributed by atoms with Crippen molar-refractivity contribution in [3.63, 3.8) is 0 Å². The number of hydrogen-bond donors (Lipinski definition) is 3. The second-order valence-corrected chi connectivity index (χ2v) is 9.04. The Morgan fingerprint density at radius 1 is 1.03 bits per heavy atom. The molecular formula is C26H32FN5O4. The Hall–Kier alpha value is -3.79. The van der Waals surface area contributed by atoms with Gasteiger partial charge in [-0.25, -0.2) is 4.39 Å². The maximum atomic E-state index is 14.4. The van der Waals surface area contributed by atoms with E-state index in [0.717, 1.165) is 26.5 Å². The zero-order valence-electron chi connectivity index (χ0n) is 20.4. The summed E-state index contributed by atoms with van der Waals surface area (Å²) < 4.78 is 14.4. The lowest BCUT2D eigenvalue weighted by Crippen LogP contribution is -2.51. The van der Waals surface area contributed by atoms with Crippen molar-refractivity contribution in [1.82, 2.24) is 15.1 Å². The van der Waals surface area contributed by atoms with Crippen LogP contribution in [0.15, 0.2) is 54.6 Å². The minimum Gasteiger partial charge on any atom is -0.368 e. The van der Waals surface area contributed by atoms with E-state index in [0.29, 0.717) is 0 Å². The van der Waals surface area contributed by atoms with Gasteiger partial charge in [0.1, 0.15) is 18.8 Å². The number of rotatable bonds is 9. The van der Waals surface area contributed by atoms with Crippen molar-refractivity contribution >= 4 is 23.6 Å². The van der Waals surface area contributed by atoms with Crippen molar-refractivity contribution < 1.29 is 23.6 Å². The molecule has 192 valence electrons. The Balaban J connectivity index is 1.82. The highest BCUT2D eigenvalue weighted by atomic mass is 19.1. The minimum absolute atomic E-state index is 0.146. The predicted molar refractivity (Wildman–Crippen MR) is 132 cm³/mol. The van der Waals surface area contributed by atoms with Gasteiger partial charge in [0.25, 0.3) is 0 Å². The fourth-order valence-electron chi connectivity index (χ4n) is 4.26. The second-order valence-electron chi connectivity index (χ2n) is 9.04. The van der Waals surface area contributed by atoms with Crippen molar-refractivity contribution in [2.24, 2.45) is 11.5 Å². The average molecular weight is 498 g/mol. The number of likely N-dealkylation sites (tertiary alicyclic amines) is 1. The molecule has 0 radical (unpaired) electrons. The van der Waals surface area contributed by atoms with E-state index < -0.39 is 55.0 Å². The lowest BCUT2D eigenvalue weighted by atomic mass is 9.96. The third kappa shape index (κ3) is 6.66. The van der Waals surface area contributed by atoms with E-state index in [2.05, 4.69) is 5.32 Å². The van der Waals surface area contributed by atoms with E-state index in [9.17, 15) is 23.6 Å². The van der Waals surface area contributed by atoms with Gasteiger partial charge >= 0.3 is 0 Å². The molecule has 0 aliphatic carbocycles. The summed E-state index contributed by atoms with van der Waals surface area (Å²) in [5, 5.41) is 2.97. The number of primary amides is 1. The lowest BCUT2D eigenvalue weighted by molar-refractivity contribution is -0.144. The average Bonchev–Trinajstić information content (AvgIpc) is 3.24. The zero-order valence-corrected chi connectivity index (χ0v) is 20.4. The van der Waals surface area contributed by atoms with Crippen LogP contribution < -0.4 is 16.8 Å². The van der Waals surface area contributed by atoms with E-state index in [4.69, 9.17) is 11.5 Å². The summed E-state index contributed by atoms with van der Waals surface area (Å²) in [5.41, 5.74) is 13.7. The third-order valence-electron chi connectivity index (χ3n) is 6.21. The number of alkyl halides is 1. The Morgan fingerprint density at radius 3 is 2.17 bits per heavy atom. The highest BCUT2D eigenvalue weighted by Gasteiger charge is 2.41. The molecule has 4 amide bonds. The van der Waals surface area contributed by atoms with Crippen molar-refractivity contribution in [2.75, 3.05) is 19.6 Å². The lowest BCUT2D eigenvalue weighted by Gasteiger charge is -2.29. The molecule has 0 saturated carbocycles. The molecule has 10 heteroatoms. The summed E-state index contributed by atoms with van der Waals surface area (Å²) in [6.07, 6.45) is -1.56. The predicted octanol–water partition coefficient (Wildman–Crippen LogP) is 1.18. The summed E-state index contributed by atoms with van der Waals surface area (Å²) >= 11 is 0. The number of nitrogens with two attached hydrogens (primary N) is 2. The van der Waals surface area contributed by atoms with E-state index in [1.807, 2.05) is 61.5 Å². The van der Waals surface area contributed by atoms with E-state index in [-0.39, 0.29) is 19.0 Å². The topological polar surface area (TPSA) is 139 Å². The van der Waals surface area contributed by atoms with Gasteiger partial charge in [-0.15, -0.1) is 0 Å².